The highest BCUT2D eigenvalue weighted by Crippen LogP contribution is 2.67. The summed E-state index contributed by atoms with van der Waals surface area (Å²) in [4.78, 5) is 12.7. The summed E-state index contributed by atoms with van der Waals surface area (Å²) < 4.78 is 6.08. The van der Waals surface area contributed by atoms with Gasteiger partial charge in [-0.05, 0) is 104 Å². The number of halogens is 1. The van der Waals surface area contributed by atoms with Gasteiger partial charge >= 0.3 is 5.97 Å². The number of allylic oxidation sites excluding steroid dienone is 1. The van der Waals surface area contributed by atoms with E-state index < -0.39 is 0 Å². The van der Waals surface area contributed by atoms with E-state index in [0.717, 1.165) is 60.1 Å². The van der Waals surface area contributed by atoms with Gasteiger partial charge in [0.05, 0.1) is 0 Å². The largest absolute Gasteiger partial charge is 0.462 e. The zero-order valence-corrected chi connectivity index (χ0v) is 29.2. The lowest BCUT2D eigenvalue weighted by Crippen LogP contribution is -2.51. The molecule has 0 radical (unpaired) electrons. The minimum atomic E-state index is 0.0538. The van der Waals surface area contributed by atoms with Gasteiger partial charge in [0.25, 0.3) is 0 Å². The molecule has 2 nitrogen and oxygen atoms in total. The molecule has 0 N–H and O–H groups in total. The molecule has 0 aliphatic heterocycles. The van der Waals surface area contributed by atoms with Gasteiger partial charge in [-0.3, -0.25) is 4.79 Å². The lowest BCUT2D eigenvalue weighted by Gasteiger charge is -2.58. The molecule has 0 aromatic carbocycles. The molecule has 0 aromatic rings. The number of hydrogen-bond donors (Lipinski definition) is 0. The van der Waals surface area contributed by atoms with Crippen molar-refractivity contribution in [2.45, 2.75) is 169 Å². The van der Waals surface area contributed by atoms with Gasteiger partial charge in [0.1, 0.15) is 6.10 Å². The summed E-state index contributed by atoms with van der Waals surface area (Å²) in [6.45, 7) is 12.6. The van der Waals surface area contributed by atoms with E-state index in [2.05, 4.69) is 56.6 Å². The van der Waals surface area contributed by atoms with Crippen LogP contribution in [0.3, 0.4) is 0 Å². The van der Waals surface area contributed by atoms with Crippen LogP contribution >= 0.6 is 15.9 Å². The van der Waals surface area contributed by atoms with Crippen molar-refractivity contribution in [1.82, 2.24) is 0 Å². The maximum atomic E-state index is 12.7. The molecule has 4 aliphatic carbocycles. The molecule has 3 saturated carbocycles. The Morgan fingerprint density at radius 3 is 2.29 bits per heavy atom. The average Bonchev–Trinajstić information content (AvgIpc) is 3.29. The Kier molecular flexibility index (Phi) is 12.8. The van der Waals surface area contributed by atoms with E-state index in [-0.39, 0.29) is 12.1 Å². The molecule has 4 rings (SSSR count). The molecule has 236 valence electrons. The predicted molar refractivity (Wildman–Crippen MR) is 178 cm³/mol. The standard InChI is InChI=1S/C38H65BrO2/c1-28(2)15-14-16-29(3)33-20-21-34-32-19-18-30-27-31(22-24-37(30,4)35(32)23-25-38(33,34)5)41-36(40)17-12-10-8-6-7-9-11-13-26-39/h18,28-29,31-35H,6-17,19-27H2,1-5H3/t29-,31+,32+,33-,34+,35+,37+,38-/m1/s1. The van der Waals surface area contributed by atoms with Gasteiger partial charge in [-0.1, -0.05) is 120 Å². The molecular weight excluding hydrogens is 568 g/mol. The minimum absolute atomic E-state index is 0.0538. The second-order valence-electron chi connectivity index (χ2n) is 15.9. The number of rotatable bonds is 16. The van der Waals surface area contributed by atoms with E-state index in [1.807, 2.05) is 0 Å². The summed E-state index contributed by atoms with van der Waals surface area (Å²) in [6, 6.07) is 0. The number of carbonyl (C=O) groups is 1. The van der Waals surface area contributed by atoms with Crippen LogP contribution in [0.4, 0.5) is 0 Å². The van der Waals surface area contributed by atoms with Crippen LogP contribution in [0, 0.1) is 46.3 Å². The van der Waals surface area contributed by atoms with E-state index >= 15 is 0 Å². The third kappa shape index (κ3) is 8.25. The first-order valence-electron chi connectivity index (χ1n) is 18.1. The predicted octanol–water partition coefficient (Wildman–Crippen LogP) is 11.8. The number of esters is 1. The molecule has 0 heterocycles. The van der Waals surface area contributed by atoms with Crippen molar-refractivity contribution >= 4 is 21.9 Å². The monoisotopic (exact) mass is 632 g/mol. The van der Waals surface area contributed by atoms with Crippen LogP contribution in [0.15, 0.2) is 11.6 Å². The van der Waals surface area contributed by atoms with Crippen molar-refractivity contribution in [2.75, 3.05) is 5.33 Å². The van der Waals surface area contributed by atoms with Crippen LogP contribution in [0.2, 0.25) is 0 Å². The Bertz CT molecular complexity index is 849. The molecule has 8 atom stereocenters. The van der Waals surface area contributed by atoms with Gasteiger partial charge in [0.2, 0.25) is 0 Å². The molecule has 0 spiro atoms. The smallest absolute Gasteiger partial charge is 0.306 e. The van der Waals surface area contributed by atoms with Gasteiger partial charge in [-0.25, -0.2) is 0 Å². The van der Waals surface area contributed by atoms with Crippen LogP contribution < -0.4 is 0 Å². The van der Waals surface area contributed by atoms with Crippen LogP contribution in [0.25, 0.3) is 0 Å². The van der Waals surface area contributed by atoms with Crippen LogP contribution in [0.1, 0.15) is 163 Å². The van der Waals surface area contributed by atoms with E-state index in [1.54, 1.807) is 5.57 Å². The zero-order valence-electron chi connectivity index (χ0n) is 27.7. The molecular formula is C38H65BrO2. The molecule has 0 amide bonds. The van der Waals surface area contributed by atoms with Gasteiger partial charge in [0, 0.05) is 18.2 Å². The van der Waals surface area contributed by atoms with Gasteiger partial charge in [0.15, 0.2) is 0 Å². The third-order valence-corrected chi connectivity index (χ3v) is 13.4. The van der Waals surface area contributed by atoms with E-state index in [4.69, 9.17) is 4.74 Å². The Balaban J connectivity index is 1.24. The molecule has 0 unspecified atom stereocenters. The Hall–Kier alpha value is -0.310. The van der Waals surface area contributed by atoms with E-state index in [0.29, 0.717) is 17.3 Å². The normalized spacial score (nSPS) is 35.4. The quantitative estimate of drug-likeness (QED) is 0.0732. The number of hydrogen-bond acceptors (Lipinski definition) is 2. The summed E-state index contributed by atoms with van der Waals surface area (Å²) in [7, 11) is 0. The highest BCUT2D eigenvalue weighted by atomic mass is 79.9. The number of unbranched alkanes of at least 4 members (excludes halogenated alkanes) is 7. The van der Waals surface area contributed by atoms with E-state index in [9.17, 15) is 4.79 Å². The minimum Gasteiger partial charge on any atom is -0.462 e. The summed E-state index contributed by atoms with van der Waals surface area (Å²) in [5, 5.41) is 1.13. The fourth-order valence-electron chi connectivity index (χ4n) is 10.4. The Morgan fingerprint density at radius 1 is 0.878 bits per heavy atom. The fourth-order valence-corrected chi connectivity index (χ4v) is 10.8. The second-order valence-corrected chi connectivity index (χ2v) is 16.7. The summed E-state index contributed by atoms with van der Waals surface area (Å²) in [5.41, 5.74) is 2.53. The van der Waals surface area contributed by atoms with Crippen LogP contribution in [-0.2, 0) is 9.53 Å². The molecule has 4 aliphatic rings. The first-order valence-corrected chi connectivity index (χ1v) is 19.3. The van der Waals surface area contributed by atoms with Crippen molar-refractivity contribution in [3.05, 3.63) is 11.6 Å². The van der Waals surface area contributed by atoms with Crippen molar-refractivity contribution in [1.29, 1.82) is 0 Å². The first-order chi connectivity index (χ1) is 19.7. The maximum absolute atomic E-state index is 12.7. The second kappa shape index (κ2) is 15.6. The maximum Gasteiger partial charge on any atom is 0.306 e. The zero-order chi connectivity index (χ0) is 29.5. The highest BCUT2D eigenvalue weighted by molar-refractivity contribution is 9.09. The summed E-state index contributed by atoms with van der Waals surface area (Å²) in [5.74, 6) is 5.33. The topological polar surface area (TPSA) is 26.3 Å². The van der Waals surface area contributed by atoms with Gasteiger partial charge in [-0.2, -0.15) is 0 Å². The van der Waals surface area contributed by atoms with Crippen molar-refractivity contribution in [3.8, 4) is 0 Å². The summed E-state index contributed by atoms with van der Waals surface area (Å²) >= 11 is 3.51. The van der Waals surface area contributed by atoms with E-state index in [1.165, 1.54) is 103 Å². The molecule has 0 aromatic heterocycles. The van der Waals surface area contributed by atoms with Crippen molar-refractivity contribution in [2.24, 2.45) is 46.3 Å². The fraction of sp³-hybridized carbons (Fsp3) is 0.921. The molecule has 3 heteroatoms. The number of ether oxygens (including phenoxy) is 1. The molecule has 41 heavy (non-hydrogen) atoms. The van der Waals surface area contributed by atoms with Crippen molar-refractivity contribution in [3.63, 3.8) is 0 Å². The Labute approximate surface area is 263 Å². The van der Waals surface area contributed by atoms with Gasteiger partial charge < -0.3 is 4.74 Å². The number of fused-ring (bicyclic) bond motifs is 5. The SMILES string of the molecule is CC(C)CCC[C@@H](C)[C@H]1CC[C@H]2[C@@H]3CC=C4C[C@@H](OC(=O)CCCCCCCCCCBr)CC[C@]4(C)[C@H]3CC[C@]12C. The van der Waals surface area contributed by atoms with Gasteiger partial charge in [-0.15, -0.1) is 0 Å². The number of carbonyl (C=O) groups excluding carboxylic acids is 1. The average molecular weight is 634 g/mol. The molecule has 0 bridgehead atoms. The third-order valence-electron chi connectivity index (χ3n) is 12.8. The molecule has 0 saturated heterocycles. The van der Waals surface area contributed by atoms with Crippen LogP contribution in [0.5, 0.6) is 0 Å². The lowest BCUT2D eigenvalue weighted by molar-refractivity contribution is -0.151. The van der Waals surface area contributed by atoms with Crippen LogP contribution in [-0.4, -0.2) is 17.4 Å². The number of alkyl halides is 1. The molecule has 3 fully saturated rings. The lowest BCUT2D eigenvalue weighted by atomic mass is 9.47. The Morgan fingerprint density at radius 2 is 1.59 bits per heavy atom. The first kappa shape index (κ1) is 33.6. The van der Waals surface area contributed by atoms with Crippen molar-refractivity contribution < 1.29 is 9.53 Å². The summed E-state index contributed by atoms with van der Waals surface area (Å²) in [6.07, 6.45) is 28.0. The highest BCUT2D eigenvalue weighted by Gasteiger charge is 2.59.